The minimum Gasteiger partial charge on any atom is -0.497 e. The molecule has 2 N–H and O–H groups in total. The van der Waals surface area contributed by atoms with Gasteiger partial charge in [-0.3, -0.25) is 9.78 Å². The van der Waals surface area contributed by atoms with E-state index in [1.54, 1.807) is 13.3 Å². The molecule has 0 bridgehead atoms. The van der Waals surface area contributed by atoms with Crippen molar-refractivity contribution < 1.29 is 9.53 Å². The molecule has 1 aromatic carbocycles. The van der Waals surface area contributed by atoms with Gasteiger partial charge in [0.15, 0.2) is 0 Å². The first-order valence-corrected chi connectivity index (χ1v) is 8.01. The number of benzene rings is 1. The van der Waals surface area contributed by atoms with Crippen LogP contribution in [-0.2, 0) is 6.42 Å². The van der Waals surface area contributed by atoms with Crippen molar-refractivity contribution in [2.75, 3.05) is 7.11 Å². The summed E-state index contributed by atoms with van der Waals surface area (Å²) in [4.78, 5) is 23.9. The zero-order valence-electron chi connectivity index (χ0n) is 13.4. The molecule has 2 aromatic heterocycles. The Labute approximate surface area is 139 Å². The summed E-state index contributed by atoms with van der Waals surface area (Å²) >= 11 is 0. The quantitative estimate of drug-likeness (QED) is 0.777. The highest BCUT2D eigenvalue weighted by molar-refractivity contribution is 5.92. The van der Waals surface area contributed by atoms with Crippen molar-refractivity contribution in [1.29, 1.82) is 0 Å². The van der Waals surface area contributed by atoms with Crippen molar-refractivity contribution in [2.45, 2.75) is 25.3 Å². The number of fused-ring (bicyclic) bond motifs is 3. The fourth-order valence-electron chi connectivity index (χ4n) is 3.36. The van der Waals surface area contributed by atoms with Crippen molar-refractivity contribution >= 4 is 16.8 Å². The van der Waals surface area contributed by atoms with Gasteiger partial charge in [-0.1, -0.05) is 0 Å². The van der Waals surface area contributed by atoms with E-state index in [0.717, 1.165) is 36.2 Å². The van der Waals surface area contributed by atoms with Crippen molar-refractivity contribution in [3.63, 3.8) is 0 Å². The SMILES string of the molecule is COc1ccc2[nH]c3c(c2c1)CCC[C@H]3NC(=O)c1cnccn1. The van der Waals surface area contributed by atoms with E-state index >= 15 is 0 Å². The van der Waals surface area contributed by atoms with Gasteiger partial charge in [-0.2, -0.15) is 0 Å². The number of hydrogen-bond donors (Lipinski definition) is 2. The number of nitrogens with zero attached hydrogens (tertiary/aromatic N) is 2. The number of hydrogen-bond acceptors (Lipinski definition) is 4. The standard InChI is InChI=1S/C18H18N4O2/c1-24-11-5-6-14-13(9-11)12-3-2-4-15(17(12)21-14)22-18(23)16-10-19-7-8-20-16/h5-10,15,21H,2-4H2,1H3,(H,22,23)/t15-/m1/s1. The number of aromatic amines is 1. The van der Waals surface area contributed by atoms with Gasteiger partial charge in [0.1, 0.15) is 11.4 Å². The number of carbonyl (C=O) groups is 1. The first kappa shape index (κ1) is 14.7. The van der Waals surface area contributed by atoms with Crippen LogP contribution in [-0.4, -0.2) is 28.0 Å². The molecule has 3 aromatic rings. The Morgan fingerprint density at radius 2 is 2.29 bits per heavy atom. The van der Waals surface area contributed by atoms with Crippen molar-refractivity contribution in [1.82, 2.24) is 20.3 Å². The summed E-state index contributed by atoms with van der Waals surface area (Å²) in [6, 6.07) is 5.98. The van der Waals surface area contributed by atoms with Gasteiger partial charge in [0.2, 0.25) is 0 Å². The van der Waals surface area contributed by atoms with E-state index in [0.29, 0.717) is 5.69 Å². The van der Waals surface area contributed by atoms with Gasteiger partial charge in [-0.25, -0.2) is 4.98 Å². The number of H-pyrrole nitrogens is 1. The lowest BCUT2D eigenvalue weighted by Gasteiger charge is -2.23. The molecule has 122 valence electrons. The van der Waals surface area contributed by atoms with Crippen LogP contribution in [0.2, 0.25) is 0 Å². The molecule has 24 heavy (non-hydrogen) atoms. The molecular weight excluding hydrogens is 304 g/mol. The average Bonchev–Trinajstić information content (AvgIpc) is 3.01. The smallest absolute Gasteiger partial charge is 0.272 e. The maximum Gasteiger partial charge on any atom is 0.272 e. The fourth-order valence-corrected chi connectivity index (χ4v) is 3.36. The summed E-state index contributed by atoms with van der Waals surface area (Å²) in [7, 11) is 1.67. The predicted molar refractivity (Wildman–Crippen MR) is 90.0 cm³/mol. The summed E-state index contributed by atoms with van der Waals surface area (Å²) in [5, 5.41) is 4.25. The van der Waals surface area contributed by atoms with Gasteiger partial charge in [0.05, 0.1) is 19.3 Å². The third-order valence-corrected chi connectivity index (χ3v) is 4.52. The second-order valence-electron chi connectivity index (χ2n) is 5.94. The van der Waals surface area contributed by atoms with Crippen LogP contribution < -0.4 is 10.1 Å². The van der Waals surface area contributed by atoms with Gasteiger partial charge >= 0.3 is 0 Å². The van der Waals surface area contributed by atoms with Crippen LogP contribution in [0.5, 0.6) is 5.75 Å². The van der Waals surface area contributed by atoms with Crippen molar-refractivity contribution in [3.05, 3.63) is 53.7 Å². The minimum atomic E-state index is -0.197. The monoisotopic (exact) mass is 322 g/mol. The summed E-state index contributed by atoms with van der Waals surface area (Å²) in [5.74, 6) is 0.646. The number of aromatic nitrogens is 3. The lowest BCUT2D eigenvalue weighted by atomic mass is 9.91. The molecule has 4 rings (SSSR count). The van der Waals surface area contributed by atoms with Crippen LogP contribution >= 0.6 is 0 Å². The number of ether oxygens (including phenoxy) is 1. The predicted octanol–water partition coefficient (Wildman–Crippen LogP) is 2.77. The molecule has 0 aliphatic heterocycles. The molecule has 1 aliphatic carbocycles. The lowest BCUT2D eigenvalue weighted by molar-refractivity contribution is 0.0926. The first-order chi connectivity index (χ1) is 11.8. The number of amides is 1. The first-order valence-electron chi connectivity index (χ1n) is 8.01. The Kier molecular flexibility index (Phi) is 3.65. The number of rotatable bonds is 3. The lowest BCUT2D eigenvalue weighted by Crippen LogP contribution is -2.31. The van der Waals surface area contributed by atoms with E-state index in [-0.39, 0.29) is 11.9 Å². The normalized spacial score (nSPS) is 16.6. The van der Waals surface area contributed by atoms with E-state index in [2.05, 4.69) is 26.3 Å². The molecule has 0 unspecified atom stereocenters. The van der Waals surface area contributed by atoms with E-state index in [9.17, 15) is 4.79 Å². The van der Waals surface area contributed by atoms with Gasteiger partial charge < -0.3 is 15.0 Å². The summed E-state index contributed by atoms with van der Waals surface area (Å²) in [5.41, 5.74) is 3.75. The highest BCUT2D eigenvalue weighted by Gasteiger charge is 2.26. The van der Waals surface area contributed by atoms with Crippen LogP contribution in [0.1, 0.15) is 40.6 Å². The molecule has 2 heterocycles. The summed E-state index contributed by atoms with van der Waals surface area (Å²) in [6.45, 7) is 0. The molecule has 0 fully saturated rings. The summed E-state index contributed by atoms with van der Waals surface area (Å²) in [6.07, 6.45) is 7.50. The topological polar surface area (TPSA) is 79.9 Å². The van der Waals surface area contributed by atoms with Gasteiger partial charge in [-0.05, 0) is 43.0 Å². The Balaban J connectivity index is 1.67. The molecule has 0 spiro atoms. The second kappa shape index (κ2) is 5.96. The van der Waals surface area contributed by atoms with Gasteiger partial charge in [-0.15, -0.1) is 0 Å². The molecule has 6 nitrogen and oxygen atoms in total. The molecule has 0 saturated heterocycles. The summed E-state index contributed by atoms with van der Waals surface area (Å²) < 4.78 is 5.33. The van der Waals surface area contributed by atoms with E-state index in [4.69, 9.17) is 4.74 Å². The van der Waals surface area contributed by atoms with Gasteiger partial charge in [0, 0.05) is 29.0 Å². The molecule has 1 aliphatic rings. The zero-order chi connectivity index (χ0) is 16.5. The van der Waals surface area contributed by atoms with Crippen molar-refractivity contribution in [2.24, 2.45) is 0 Å². The van der Waals surface area contributed by atoms with E-state index in [1.807, 2.05) is 12.1 Å². The molecule has 1 atom stereocenters. The Bertz CT molecular complexity index is 889. The van der Waals surface area contributed by atoms with E-state index < -0.39 is 0 Å². The third kappa shape index (κ3) is 2.50. The van der Waals surface area contributed by atoms with Crippen LogP contribution in [0.3, 0.4) is 0 Å². The maximum atomic E-state index is 12.4. The zero-order valence-corrected chi connectivity index (χ0v) is 13.4. The maximum absolute atomic E-state index is 12.4. The van der Waals surface area contributed by atoms with Crippen molar-refractivity contribution in [3.8, 4) is 5.75 Å². The Hall–Kier alpha value is -2.89. The van der Waals surface area contributed by atoms with Crippen LogP contribution in [0.4, 0.5) is 0 Å². The highest BCUT2D eigenvalue weighted by atomic mass is 16.5. The molecule has 1 amide bonds. The van der Waals surface area contributed by atoms with Crippen LogP contribution in [0.15, 0.2) is 36.8 Å². The van der Waals surface area contributed by atoms with Crippen LogP contribution in [0.25, 0.3) is 10.9 Å². The molecule has 0 saturated carbocycles. The highest BCUT2D eigenvalue weighted by Crippen LogP contribution is 2.36. The minimum absolute atomic E-state index is 0.0401. The number of carbonyl (C=O) groups excluding carboxylic acids is 1. The molecular formula is C18H18N4O2. The molecule has 0 radical (unpaired) electrons. The average molecular weight is 322 g/mol. The Morgan fingerprint density at radius 1 is 1.38 bits per heavy atom. The third-order valence-electron chi connectivity index (χ3n) is 4.52. The van der Waals surface area contributed by atoms with Crippen LogP contribution in [0, 0.1) is 0 Å². The number of aryl methyl sites for hydroxylation is 1. The van der Waals surface area contributed by atoms with E-state index in [1.165, 1.54) is 23.3 Å². The molecule has 6 heteroatoms. The largest absolute Gasteiger partial charge is 0.497 e. The van der Waals surface area contributed by atoms with Gasteiger partial charge in [0.25, 0.3) is 5.91 Å². The number of methoxy groups -OCH3 is 1. The second-order valence-corrected chi connectivity index (χ2v) is 5.94. The Morgan fingerprint density at radius 3 is 3.08 bits per heavy atom. The number of nitrogens with one attached hydrogen (secondary N) is 2. The fraction of sp³-hybridized carbons (Fsp3) is 0.278.